The third-order valence-corrected chi connectivity index (χ3v) is 10.6. The van der Waals surface area contributed by atoms with Crippen LogP contribution in [0.15, 0.2) is 0 Å². The van der Waals surface area contributed by atoms with Gasteiger partial charge in [-0.15, -0.1) is 0 Å². The van der Waals surface area contributed by atoms with E-state index in [0.29, 0.717) is 37.0 Å². The third-order valence-electron chi connectivity index (χ3n) is 10.6. The van der Waals surface area contributed by atoms with Gasteiger partial charge >= 0.3 is 18.0 Å². The Morgan fingerprint density at radius 3 is 1.94 bits per heavy atom. The molecule has 0 aromatic carbocycles. The molecule has 7 heteroatoms. The monoisotopic (exact) mass is 480 g/mol. The molecule has 0 spiro atoms. The highest BCUT2D eigenvalue weighted by molar-refractivity contribution is 5.76. The van der Waals surface area contributed by atoms with Gasteiger partial charge in [0.1, 0.15) is 11.2 Å². The molecule has 0 amide bonds. The average molecular weight is 481 g/mol. The van der Waals surface area contributed by atoms with Crippen molar-refractivity contribution in [2.75, 3.05) is 6.61 Å². The van der Waals surface area contributed by atoms with Crippen LogP contribution in [0, 0.1) is 40.9 Å². The Hall–Kier alpha value is -1.40. The van der Waals surface area contributed by atoms with Crippen LogP contribution < -0.4 is 0 Å². The summed E-state index contributed by atoms with van der Waals surface area (Å²) in [5.41, 5.74) is -1.40. The van der Waals surface area contributed by atoms with E-state index >= 15 is 0 Å². The van der Waals surface area contributed by atoms with Crippen LogP contribution in [0.25, 0.3) is 0 Å². The average Bonchev–Trinajstić information content (AvgIpc) is 2.72. The third kappa shape index (κ3) is 3.66. The topological polar surface area (TPSA) is 61.8 Å². The zero-order valence-corrected chi connectivity index (χ0v) is 20.5. The molecule has 2 unspecified atom stereocenters. The molecule has 8 rings (SSSR count). The minimum absolute atomic E-state index is 0.0196. The van der Waals surface area contributed by atoms with Gasteiger partial charge in [0, 0.05) is 12.3 Å². The Labute approximate surface area is 200 Å². The van der Waals surface area contributed by atoms with E-state index in [1.807, 2.05) is 0 Å². The van der Waals surface area contributed by atoms with Crippen LogP contribution in [-0.4, -0.2) is 35.9 Å². The first-order valence-corrected chi connectivity index (χ1v) is 13.5. The van der Waals surface area contributed by atoms with Crippen molar-refractivity contribution in [3.63, 3.8) is 0 Å². The zero-order valence-electron chi connectivity index (χ0n) is 20.5. The summed E-state index contributed by atoms with van der Waals surface area (Å²) in [6.07, 6.45) is 11.2. The second-order valence-electron chi connectivity index (χ2n) is 13.2. The van der Waals surface area contributed by atoms with Crippen LogP contribution >= 0.6 is 0 Å². The fraction of sp³-hybridized carbons (Fsp3) is 0.926. The summed E-state index contributed by atoms with van der Waals surface area (Å²) in [4.78, 5) is 25.1. The second-order valence-corrected chi connectivity index (χ2v) is 13.2. The number of carbonyl (C=O) groups is 2. The fourth-order valence-corrected chi connectivity index (χ4v) is 10.1. The Kier molecular flexibility index (Phi) is 5.11. The van der Waals surface area contributed by atoms with Crippen molar-refractivity contribution in [1.29, 1.82) is 0 Å². The highest BCUT2D eigenvalue weighted by Crippen LogP contribution is 2.64. The van der Waals surface area contributed by atoms with Gasteiger partial charge in [-0.25, -0.2) is 9.59 Å². The molecular formula is C27H38F2O5. The van der Waals surface area contributed by atoms with Crippen LogP contribution in [0.5, 0.6) is 0 Å². The van der Waals surface area contributed by atoms with E-state index < -0.39 is 29.2 Å². The lowest BCUT2D eigenvalue weighted by Crippen LogP contribution is -2.61. The van der Waals surface area contributed by atoms with E-state index in [2.05, 4.69) is 6.92 Å². The molecule has 0 heterocycles. The number of carbonyl (C=O) groups excluding carboxylic acids is 2. The second kappa shape index (κ2) is 7.55. The maximum Gasteiger partial charge on any atom is 0.509 e. The molecular weight excluding hydrogens is 442 g/mol. The van der Waals surface area contributed by atoms with Gasteiger partial charge in [-0.1, -0.05) is 6.92 Å². The lowest BCUT2D eigenvalue weighted by atomic mass is 9.48. The Morgan fingerprint density at radius 2 is 1.41 bits per heavy atom. The molecule has 34 heavy (non-hydrogen) atoms. The lowest BCUT2D eigenvalue weighted by Gasteiger charge is -2.61. The summed E-state index contributed by atoms with van der Waals surface area (Å²) in [5, 5.41) is 0. The van der Waals surface area contributed by atoms with E-state index in [1.54, 1.807) is 0 Å². The van der Waals surface area contributed by atoms with Gasteiger partial charge in [0.05, 0.1) is 6.61 Å². The predicted octanol–water partition coefficient (Wildman–Crippen LogP) is 6.28. The van der Waals surface area contributed by atoms with Crippen molar-refractivity contribution in [1.82, 2.24) is 0 Å². The Balaban J connectivity index is 1.16. The lowest BCUT2D eigenvalue weighted by molar-refractivity contribution is -0.222. The van der Waals surface area contributed by atoms with E-state index in [9.17, 15) is 18.4 Å². The van der Waals surface area contributed by atoms with E-state index in [0.717, 1.165) is 50.4 Å². The van der Waals surface area contributed by atoms with E-state index in [-0.39, 0.29) is 12.0 Å². The van der Waals surface area contributed by atoms with E-state index in [4.69, 9.17) is 14.2 Å². The van der Waals surface area contributed by atoms with Gasteiger partial charge in [0.25, 0.3) is 0 Å². The zero-order chi connectivity index (χ0) is 23.9. The summed E-state index contributed by atoms with van der Waals surface area (Å²) in [6, 6.07) is 0. The van der Waals surface area contributed by atoms with Crippen LogP contribution in [-0.2, 0) is 19.0 Å². The molecule has 0 N–H and O–H groups in total. The first-order valence-electron chi connectivity index (χ1n) is 13.5. The van der Waals surface area contributed by atoms with Crippen molar-refractivity contribution in [2.45, 2.75) is 108 Å². The maximum absolute atomic E-state index is 13.4. The number of hydrogen-bond donors (Lipinski definition) is 0. The number of alkyl halides is 2. The van der Waals surface area contributed by atoms with Crippen molar-refractivity contribution in [2.24, 2.45) is 40.9 Å². The first kappa shape index (κ1) is 23.0. The summed E-state index contributed by atoms with van der Waals surface area (Å²) in [5.74, 6) is -1.74. The molecule has 0 aromatic rings. The predicted molar refractivity (Wildman–Crippen MR) is 119 cm³/mol. The molecule has 0 saturated heterocycles. The highest BCUT2D eigenvalue weighted by Gasteiger charge is 2.62. The molecule has 2 atom stereocenters. The maximum atomic E-state index is 13.4. The highest BCUT2D eigenvalue weighted by atomic mass is 19.3. The largest absolute Gasteiger partial charge is 0.509 e. The SMILES string of the molecule is CCC1(OC(=O)OC23CC4CC(CC(COC(=O)C(C)(F)F)(C4)C2)C3)C2CC3CC(C2)CC1C3. The number of rotatable bonds is 6. The normalized spacial score (nSPS) is 48.1. The fourth-order valence-electron chi connectivity index (χ4n) is 10.1. The smallest absolute Gasteiger partial charge is 0.461 e. The number of hydrogen-bond acceptors (Lipinski definition) is 5. The van der Waals surface area contributed by atoms with Crippen molar-refractivity contribution < 1.29 is 32.6 Å². The van der Waals surface area contributed by atoms with Crippen LogP contribution in [0.4, 0.5) is 13.6 Å². The standard InChI is InChI=1S/C27H38F2O5/c1-3-27(20-6-16-4-17(8-20)9-21(27)7-16)34-23(31)33-26-12-18-5-19(13-26)11-25(10-18,14-26)15-32-22(30)24(2,28)29/h16-21H,3-15H2,1-2H3. The first-order chi connectivity index (χ1) is 16.0. The van der Waals surface area contributed by atoms with Crippen LogP contribution in [0.1, 0.15) is 90.9 Å². The molecule has 8 aliphatic carbocycles. The minimum atomic E-state index is -3.49. The van der Waals surface area contributed by atoms with Gasteiger partial charge in [-0.3, -0.25) is 0 Å². The van der Waals surface area contributed by atoms with Gasteiger partial charge < -0.3 is 14.2 Å². The molecule has 190 valence electrons. The molecule has 5 nitrogen and oxygen atoms in total. The molecule has 8 saturated carbocycles. The summed E-state index contributed by atoms with van der Waals surface area (Å²) in [7, 11) is 0. The minimum Gasteiger partial charge on any atom is -0.461 e. The molecule has 0 radical (unpaired) electrons. The van der Waals surface area contributed by atoms with Gasteiger partial charge in [0.15, 0.2) is 0 Å². The summed E-state index contributed by atoms with van der Waals surface area (Å²) < 4.78 is 44.4. The van der Waals surface area contributed by atoms with Crippen molar-refractivity contribution >= 4 is 12.1 Å². The number of esters is 1. The molecule has 0 aromatic heterocycles. The van der Waals surface area contributed by atoms with E-state index in [1.165, 1.54) is 32.1 Å². The Bertz CT molecular complexity index is 822. The van der Waals surface area contributed by atoms with Gasteiger partial charge in [-0.2, -0.15) is 8.78 Å². The van der Waals surface area contributed by atoms with Crippen molar-refractivity contribution in [3.8, 4) is 0 Å². The quantitative estimate of drug-likeness (QED) is 0.419. The van der Waals surface area contributed by atoms with Crippen LogP contribution in [0.3, 0.4) is 0 Å². The van der Waals surface area contributed by atoms with Crippen molar-refractivity contribution in [3.05, 3.63) is 0 Å². The molecule has 8 aliphatic rings. The Morgan fingerprint density at radius 1 is 0.853 bits per heavy atom. The van der Waals surface area contributed by atoms with Gasteiger partial charge in [-0.05, 0) is 113 Å². The summed E-state index contributed by atoms with van der Waals surface area (Å²) >= 11 is 0. The summed E-state index contributed by atoms with van der Waals surface area (Å²) in [6.45, 7) is 2.70. The van der Waals surface area contributed by atoms with Crippen LogP contribution in [0.2, 0.25) is 0 Å². The number of halogens is 2. The molecule has 8 bridgehead atoms. The molecule has 0 aliphatic heterocycles. The number of ether oxygens (including phenoxy) is 3. The molecule has 8 fully saturated rings. The van der Waals surface area contributed by atoms with Gasteiger partial charge in [0.2, 0.25) is 0 Å².